The highest BCUT2D eigenvalue weighted by Gasteiger charge is 2.39. The standard InChI is InChI=1S/C16H15ClF3N3O2/c1-23-13(12(17)14(22-23)16(18,19)20)15(24)21-7-9-6-10-4-2-3-5-11(10)25-8-9/h2-5,9H,6-8H2,1H3,(H,21,24). The number of carbonyl (C=O) groups is 1. The molecule has 0 fully saturated rings. The monoisotopic (exact) mass is 373 g/mol. The third kappa shape index (κ3) is 3.58. The van der Waals surface area contributed by atoms with Crippen LogP contribution in [0.15, 0.2) is 24.3 Å². The Morgan fingerprint density at radius 1 is 1.44 bits per heavy atom. The summed E-state index contributed by atoms with van der Waals surface area (Å²) in [5, 5.41) is 5.22. The first-order valence-electron chi connectivity index (χ1n) is 7.56. The third-order valence-electron chi connectivity index (χ3n) is 3.98. The van der Waals surface area contributed by atoms with Crippen molar-refractivity contribution in [3.8, 4) is 5.75 Å². The topological polar surface area (TPSA) is 56.2 Å². The van der Waals surface area contributed by atoms with Crippen molar-refractivity contribution in [1.29, 1.82) is 0 Å². The summed E-state index contributed by atoms with van der Waals surface area (Å²) < 4.78 is 44.9. The van der Waals surface area contributed by atoms with Gasteiger partial charge in [-0.2, -0.15) is 18.3 Å². The van der Waals surface area contributed by atoms with Crippen LogP contribution in [0, 0.1) is 5.92 Å². The summed E-state index contributed by atoms with van der Waals surface area (Å²) in [4.78, 5) is 12.3. The second-order valence-electron chi connectivity index (χ2n) is 5.83. The fourth-order valence-electron chi connectivity index (χ4n) is 2.77. The number of para-hydroxylation sites is 1. The molecule has 0 spiro atoms. The van der Waals surface area contributed by atoms with Crippen molar-refractivity contribution < 1.29 is 22.7 Å². The second-order valence-corrected chi connectivity index (χ2v) is 6.21. The number of nitrogens with one attached hydrogen (secondary N) is 1. The van der Waals surface area contributed by atoms with Crippen molar-refractivity contribution in [2.75, 3.05) is 13.2 Å². The van der Waals surface area contributed by atoms with Crippen LogP contribution >= 0.6 is 11.6 Å². The van der Waals surface area contributed by atoms with Crippen LogP contribution in [0.25, 0.3) is 0 Å². The van der Waals surface area contributed by atoms with Gasteiger partial charge in [-0.25, -0.2) is 0 Å². The van der Waals surface area contributed by atoms with Gasteiger partial charge in [-0.05, 0) is 18.1 Å². The number of hydrogen-bond acceptors (Lipinski definition) is 3. The highest BCUT2D eigenvalue weighted by Crippen LogP contribution is 2.35. The van der Waals surface area contributed by atoms with E-state index in [1.165, 1.54) is 7.05 Å². The highest BCUT2D eigenvalue weighted by molar-refractivity contribution is 6.34. The van der Waals surface area contributed by atoms with Gasteiger partial charge < -0.3 is 10.1 Å². The van der Waals surface area contributed by atoms with Gasteiger partial charge in [0.25, 0.3) is 5.91 Å². The minimum Gasteiger partial charge on any atom is -0.493 e. The predicted octanol–water partition coefficient (Wildman–Crippen LogP) is 3.07. The van der Waals surface area contributed by atoms with E-state index in [4.69, 9.17) is 16.3 Å². The van der Waals surface area contributed by atoms with Crippen LogP contribution in [0.1, 0.15) is 21.7 Å². The van der Waals surface area contributed by atoms with Gasteiger partial charge in [0.1, 0.15) is 16.5 Å². The molecule has 1 atom stereocenters. The molecule has 25 heavy (non-hydrogen) atoms. The first kappa shape index (κ1) is 17.6. The molecule has 1 unspecified atom stereocenters. The van der Waals surface area contributed by atoms with Crippen LogP contribution in [0.2, 0.25) is 5.02 Å². The van der Waals surface area contributed by atoms with E-state index in [0.29, 0.717) is 13.0 Å². The summed E-state index contributed by atoms with van der Waals surface area (Å²) in [6.45, 7) is 0.681. The molecule has 0 radical (unpaired) electrons. The number of aryl methyl sites for hydroxylation is 1. The van der Waals surface area contributed by atoms with Crippen LogP contribution in [-0.4, -0.2) is 28.8 Å². The quantitative estimate of drug-likeness (QED) is 0.899. The Bertz CT molecular complexity index is 804. The Morgan fingerprint density at radius 2 is 2.16 bits per heavy atom. The molecule has 1 amide bonds. The van der Waals surface area contributed by atoms with Gasteiger partial charge in [0.15, 0.2) is 5.69 Å². The number of amides is 1. The van der Waals surface area contributed by atoms with E-state index in [-0.39, 0.29) is 18.2 Å². The smallest absolute Gasteiger partial charge is 0.436 e. The maximum absolute atomic E-state index is 12.8. The zero-order chi connectivity index (χ0) is 18.2. The normalized spacial score (nSPS) is 16.9. The van der Waals surface area contributed by atoms with Crippen molar-refractivity contribution in [3.63, 3.8) is 0 Å². The number of halogens is 4. The van der Waals surface area contributed by atoms with E-state index in [1.807, 2.05) is 24.3 Å². The number of nitrogens with zero attached hydrogens (tertiary/aromatic N) is 2. The molecule has 1 aromatic carbocycles. The number of aromatic nitrogens is 2. The number of rotatable bonds is 3. The lowest BCUT2D eigenvalue weighted by atomic mass is 9.97. The summed E-state index contributed by atoms with van der Waals surface area (Å²) >= 11 is 5.71. The Kier molecular flexibility index (Phi) is 4.64. The van der Waals surface area contributed by atoms with E-state index >= 15 is 0 Å². The molecule has 5 nitrogen and oxygen atoms in total. The molecular weight excluding hydrogens is 359 g/mol. The molecule has 1 aliphatic heterocycles. The second kappa shape index (κ2) is 6.59. The number of fused-ring (bicyclic) bond motifs is 1. The van der Waals surface area contributed by atoms with Crippen LogP contribution in [0.5, 0.6) is 5.75 Å². The van der Waals surface area contributed by atoms with Crippen molar-refractivity contribution in [3.05, 3.63) is 46.2 Å². The molecule has 0 bridgehead atoms. The Balaban J connectivity index is 1.67. The first-order valence-corrected chi connectivity index (χ1v) is 7.93. The maximum Gasteiger partial charge on any atom is 0.436 e. The minimum atomic E-state index is -4.71. The fourth-order valence-corrected chi connectivity index (χ4v) is 3.12. The number of benzene rings is 1. The molecule has 0 saturated carbocycles. The lowest BCUT2D eigenvalue weighted by Gasteiger charge is -2.25. The van der Waals surface area contributed by atoms with Crippen LogP contribution < -0.4 is 10.1 Å². The first-order chi connectivity index (χ1) is 11.8. The van der Waals surface area contributed by atoms with E-state index < -0.39 is 22.8 Å². The van der Waals surface area contributed by atoms with Crippen LogP contribution in [0.4, 0.5) is 13.2 Å². The minimum absolute atomic E-state index is 0.0212. The third-order valence-corrected chi connectivity index (χ3v) is 4.34. The summed E-state index contributed by atoms with van der Waals surface area (Å²) in [5.41, 5.74) is -0.547. The number of ether oxygens (including phenoxy) is 1. The molecule has 1 aliphatic rings. The van der Waals surface area contributed by atoms with E-state index in [0.717, 1.165) is 16.0 Å². The molecule has 2 aromatic rings. The summed E-state index contributed by atoms with van der Waals surface area (Å²) in [6.07, 6.45) is -4.00. The maximum atomic E-state index is 12.8. The van der Waals surface area contributed by atoms with Gasteiger partial charge in [-0.15, -0.1) is 0 Å². The average molecular weight is 374 g/mol. The molecule has 0 aliphatic carbocycles. The molecular formula is C16H15ClF3N3O2. The van der Waals surface area contributed by atoms with Gasteiger partial charge >= 0.3 is 6.18 Å². The van der Waals surface area contributed by atoms with E-state index in [2.05, 4.69) is 10.4 Å². The lowest BCUT2D eigenvalue weighted by Crippen LogP contribution is -2.35. The van der Waals surface area contributed by atoms with Crippen LogP contribution in [-0.2, 0) is 19.6 Å². The van der Waals surface area contributed by atoms with Gasteiger partial charge in [0, 0.05) is 19.5 Å². The predicted molar refractivity (Wildman–Crippen MR) is 84.7 cm³/mol. The van der Waals surface area contributed by atoms with Gasteiger partial charge in [-0.3, -0.25) is 9.48 Å². The molecule has 0 saturated heterocycles. The van der Waals surface area contributed by atoms with Gasteiger partial charge in [0.05, 0.1) is 6.61 Å². The number of hydrogen-bond donors (Lipinski definition) is 1. The van der Waals surface area contributed by atoms with Crippen molar-refractivity contribution in [1.82, 2.24) is 15.1 Å². The SMILES string of the molecule is Cn1nc(C(F)(F)F)c(Cl)c1C(=O)NCC1COc2ccccc2C1. The summed E-state index contributed by atoms with van der Waals surface area (Å²) in [6, 6.07) is 7.59. The molecule has 2 heterocycles. The van der Waals surface area contributed by atoms with Crippen molar-refractivity contribution >= 4 is 17.5 Å². The highest BCUT2D eigenvalue weighted by atomic mass is 35.5. The van der Waals surface area contributed by atoms with E-state index in [9.17, 15) is 18.0 Å². The fraction of sp³-hybridized carbons (Fsp3) is 0.375. The summed E-state index contributed by atoms with van der Waals surface area (Å²) in [7, 11) is 1.25. The molecule has 3 rings (SSSR count). The van der Waals surface area contributed by atoms with Crippen molar-refractivity contribution in [2.45, 2.75) is 12.6 Å². The Morgan fingerprint density at radius 3 is 2.84 bits per heavy atom. The largest absolute Gasteiger partial charge is 0.493 e. The summed E-state index contributed by atoms with van der Waals surface area (Å²) in [5.74, 6) is 0.136. The molecule has 134 valence electrons. The average Bonchev–Trinajstić information content (AvgIpc) is 2.87. The number of carbonyl (C=O) groups excluding carboxylic acids is 1. The van der Waals surface area contributed by atoms with E-state index in [1.54, 1.807) is 0 Å². The zero-order valence-electron chi connectivity index (χ0n) is 13.2. The van der Waals surface area contributed by atoms with Crippen LogP contribution in [0.3, 0.4) is 0 Å². The molecule has 9 heteroatoms. The number of alkyl halides is 3. The zero-order valence-corrected chi connectivity index (χ0v) is 14.0. The molecule has 1 N–H and O–H groups in total. The molecule has 1 aromatic heterocycles. The lowest BCUT2D eigenvalue weighted by molar-refractivity contribution is -0.141. The Hall–Kier alpha value is -2.22. The van der Waals surface area contributed by atoms with Gasteiger partial charge in [0.2, 0.25) is 0 Å². The van der Waals surface area contributed by atoms with Gasteiger partial charge in [-0.1, -0.05) is 29.8 Å². The van der Waals surface area contributed by atoms with Crippen molar-refractivity contribution in [2.24, 2.45) is 13.0 Å². The Labute approximate surface area is 146 Å².